The Morgan fingerprint density at radius 2 is 2.11 bits per heavy atom. The summed E-state index contributed by atoms with van der Waals surface area (Å²) in [6.07, 6.45) is 4.23. The average molecular weight is 381 g/mol. The van der Waals surface area contributed by atoms with Gasteiger partial charge in [0.1, 0.15) is 17.3 Å². The van der Waals surface area contributed by atoms with Gasteiger partial charge in [-0.15, -0.1) is 0 Å². The number of aldehydes is 1. The van der Waals surface area contributed by atoms with E-state index in [4.69, 9.17) is 4.74 Å². The van der Waals surface area contributed by atoms with Crippen LogP contribution in [0.15, 0.2) is 30.5 Å². The number of aromatic nitrogens is 2. The van der Waals surface area contributed by atoms with Gasteiger partial charge in [-0.2, -0.15) is 0 Å². The molecule has 0 aliphatic carbocycles. The van der Waals surface area contributed by atoms with E-state index in [0.29, 0.717) is 23.8 Å². The lowest BCUT2D eigenvalue weighted by Gasteiger charge is -2.28. The molecular weight excluding hydrogens is 358 g/mol. The molecule has 3 heterocycles. The second kappa shape index (κ2) is 7.46. The summed E-state index contributed by atoms with van der Waals surface area (Å²) in [5, 5.41) is 0. The molecule has 2 aromatic rings. The number of anilines is 2. The normalized spacial score (nSPS) is 18.4. The number of fused-ring (bicyclic) bond motifs is 1. The van der Waals surface area contributed by atoms with Gasteiger partial charge >= 0.3 is 6.03 Å². The van der Waals surface area contributed by atoms with Crippen LogP contribution in [0, 0.1) is 0 Å². The van der Waals surface area contributed by atoms with E-state index in [2.05, 4.69) is 9.97 Å². The summed E-state index contributed by atoms with van der Waals surface area (Å²) >= 11 is 0. The number of urea groups is 1. The van der Waals surface area contributed by atoms with Crippen LogP contribution in [0.2, 0.25) is 0 Å². The molecule has 2 amide bonds. The van der Waals surface area contributed by atoms with Crippen LogP contribution in [0.5, 0.6) is 5.75 Å². The number of carbonyl (C=O) groups is 2. The Bertz CT molecular complexity index is 897. The van der Waals surface area contributed by atoms with E-state index in [0.717, 1.165) is 43.5 Å². The van der Waals surface area contributed by atoms with Gasteiger partial charge in [0.05, 0.1) is 13.3 Å². The Kier molecular flexibility index (Phi) is 4.85. The fraction of sp³-hybridized carbons (Fsp3) is 0.400. The maximum Gasteiger partial charge on any atom is 0.326 e. The number of methoxy groups -OCH3 is 1. The van der Waals surface area contributed by atoms with Crippen LogP contribution in [0.3, 0.4) is 0 Å². The zero-order valence-corrected chi connectivity index (χ0v) is 16.0. The van der Waals surface area contributed by atoms with Gasteiger partial charge in [-0.1, -0.05) is 12.1 Å². The Labute approximate surface area is 163 Å². The van der Waals surface area contributed by atoms with Gasteiger partial charge in [0.2, 0.25) is 0 Å². The van der Waals surface area contributed by atoms with Crippen molar-refractivity contribution < 1.29 is 14.3 Å². The zero-order valence-electron chi connectivity index (χ0n) is 16.0. The van der Waals surface area contributed by atoms with Gasteiger partial charge < -0.3 is 14.5 Å². The van der Waals surface area contributed by atoms with Crippen LogP contribution in [-0.2, 0) is 11.2 Å². The molecule has 2 aliphatic heterocycles. The molecule has 1 aromatic carbocycles. The smallest absolute Gasteiger partial charge is 0.326 e. The number of hydrogen-bond acceptors (Lipinski definition) is 6. The molecule has 146 valence electrons. The maximum absolute atomic E-state index is 13.0. The molecule has 1 saturated heterocycles. The molecule has 1 unspecified atom stereocenters. The van der Waals surface area contributed by atoms with Gasteiger partial charge in [0.25, 0.3) is 0 Å². The molecule has 2 aliphatic rings. The van der Waals surface area contributed by atoms with Crippen LogP contribution in [-0.4, -0.2) is 60.6 Å². The summed E-state index contributed by atoms with van der Waals surface area (Å²) in [5.41, 5.74) is 1.60. The summed E-state index contributed by atoms with van der Waals surface area (Å²) in [4.78, 5) is 38.8. The van der Waals surface area contributed by atoms with Crippen LogP contribution < -0.4 is 14.5 Å². The number of rotatable bonds is 4. The van der Waals surface area contributed by atoms with Crippen molar-refractivity contribution in [3.63, 3.8) is 0 Å². The number of amides is 2. The monoisotopic (exact) mass is 381 g/mol. The third-order valence-electron chi connectivity index (χ3n) is 5.26. The summed E-state index contributed by atoms with van der Waals surface area (Å²) in [7, 11) is 3.41. The highest BCUT2D eigenvalue weighted by Gasteiger charge is 2.41. The minimum atomic E-state index is -0.704. The highest BCUT2D eigenvalue weighted by molar-refractivity contribution is 6.02. The molecule has 0 bridgehead atoms. The predicted octanol–water partition coefficient (Wildman–Crippen LogP) is 2.07. The van der Waals surface area contributed by atoms with E-state index in [1.165, 1.54) is 4.90 Å². The van der Waals surface area contributed by atoms with Crippen molar-refractivity contribution in [2.24, 2.45) is 0 Å². The molecule has 1 aromatic heterocycles. The third kappa shape index (κ3) is 3.15. The second-order valence-corrected chi connectivity index (χ2v) is 7.03. The molecule has 1 fully saturated rings. The quantitative estimate of drug-likeness (QED) is 0.755. The van der Waals surface area contributed by atoms with E-state index in [9.17, 15) is 9.59 Å². The number of carbonyl (C=O) groups excluding carboxylic acids is 2. The SMILES string of the molecule is COc1cccc(Cc2ncc3c(n2)N(C)C(C=O)N3C(=O)N2CCCC2)c1. The lowest BCUT2D eigenvalue weighted by Crippen LogP contribution is -2.50. The first-order valence-electron chi connectivity index (χ1n) is 9.37. The zero-order chi connectivity index (χ0) is 19.7. The average Bonchev–Trinajstić information content (AvgIpc) is 3.34. The molecule has 0 saturated carbocycles. The van der Waals surface area contributed by atoms with Crippen molar-refractivity contribution in [1.82, 2.24) is 14.9 Å². The molecule has 0 spiro atoms. The lowest BCUT2D eigenvalue weighted by atomic mass is 10.1. The molecule has 4 rings (SSSR count). The van der Waals surface area contributed by atoms with Crippen LogP contribution in [0.4, 0.5) is 16.3 Å². The van der Waals surface area contributed by atoms with Crippen molar-refractivity contribution in [2.75, 3.05) is 37.0 Å². The summed E-state index contributed by atoms with van der Waals surface area (Å²) in [5.74, 6) is 2.00. The van der Waals surface area contributed by atoms with Crippen LogP contribution in [0.25, 0.3) is 0 Å². The number of ether oxygens (including phenoxy) is 1. The van der Waals surface area contributed by atoms with Crippen molar-refractivity contribution in [3.8, 4) is 5.75 Å². The van der Waals surface area contributed by atoms with Crippen molar-refractivity contribution in [3.05, 3.63) is 41.9 Å². The van der Waals surface area contributed by atoms with E-state index in [1.54, 1.807) is 30.2 Å². The fourth-order valence-electron chi connectivity index (χ4n) is 3.75. The first-order chi connectivity index (χ1) is 13.6. The van der Waals surface area contributed by atoms with Gasteiger partial charge in [-0.05, 0) is 30.5 Å². The summed E-state index contributed by atoms with van der Waals surface area (Å²) in [6, 6.07) is 7.58. The minimum absolute atomic E-state index is 0.163. The number of hydrogen-bond donors (Lipinski definition) is 0. The highest BCUT2D eigenvalue weighted by atomic mass is 16.5. The molecule has 1 atom stereocenters. The Morgan fingerprint density at radius 3 is 2.82 bits per heavy atom. The molecule has 0 radical (unpaired) electrons. The number of likely N-dealkylation sites (tertiary alicyclic amines) is 1. The number of nitrogens with zero attached hydrogens (tertiary/aromatic N) is 5. The van der Waals surface area contributed by atoms with Crippen molar-refractivity contribution >= 4 is 23.8 Å². The lowest BCUT2D eigenvalue weighted by molar-refractivity contribution is -0.108. The van der Waals surface area contributed by atoms with Crippen LogP contribution >= 0.6 is 0 Å². The Hall–Kier alpha value is -3.16. The molecule has 8 nitrogen and oxygen atoms in total. The van der Waals surface area contributed by atoms with Gasteiger partial charge in [-0.3, -0.25) is 9.69 Å². The standard InChI is InChI=1S/C20H23N5O3/c1-23-18(13-26)25(20(27)24-8-3-4-9-24)16-12-21-17(22-19(16)23)11-14-6-5-7-15(10-14)28-2/h5-7,10,12-13,18H,3-4,8-9,11H2,1-2H3. The topological polar surface area (TPSA) is 78.9 Å². The van der Waals surface area contributed by atoms with E-state index >= 15 is 0 Å². The summed E-state index contributed by atoms with van der Waals surface area (Å²) in [6.45, 7) is 1.43. The van der Waals surface area contributed by atoms with Crippen molar-refractivity contribution in [1.29, 1.82) is 0 Å². The number of likely N-dealkylation sites (N-methyl/N-ethyl adjacent to an activating group) is 1. The molecule has 8 heteroatoms. The first-order valence-corrected chi connectivity index (χ1v) is 9.37. The maximum atomic E-state index is 13.0. The second-order valence-electron chi connectivity index (χ2n) is 7.03. The third-order valence-corrected chi connectivity index (χ3v) is 5.26. The first kappa shape index (κ1) is 18.2. The Morgan fingerprint density at radius 1 is 1.32 bits per heavy atom. The van der Waals surface area contributed by atoms with Crippen LogP contribution in [0.1, 0.15) is 24.2 Å². The fourth-order valence-corrected chi connectivity index (χ4v) is 3.75. The largest absolute Gasteiger partial charge is 0.497 e. The molecule has 28 heavy (non-hydrogen) atoms. The summed E-state index contributed by atoms with van der Waals surface area (Å²) < 4.78 is 5.26. The molecular formula is C20H23N5O3. The predicted molar refractivity (Wildman–Crippen MR) is 105 cm³/mol. The van der Waals surface area contributed by atoms with E-state index in [1.807, 2.05) is 24.3 Å². The van der Waals surface area contributed by atoms with Gasteiger partial charge in [0, 0.05) is 26.6 Å². The number of benzene rings is 1. The van der Waals surface area contributed by atoms with Gasteiger partial charge in [-0.25, -0.2) is 14.8 Å². The van der Waals surface area contributed by atoms with E-state index < -0.39 is 6.17 Å². The van der Waals surface area contributed by atoms with Gasteiger partial charge in [0.15, 0.2) is 18.3 Å². The molecule has 0 N–H and O–H groups in total. The highest BCUT2D eigenvalue weighted by Crippen LogP contribution is 2.37. The minimum Gasteiger partial charge on any atom is -0.497 e. The van der Waals surface area contributed by atoms with E-state index in [-0.39, 0.29) is 6.03 Å². The Balaban J connectivity index is 1.63. The van der Waals surface area contributed by atoms with Crippen molar-refractivity contribution in [2.45, 2.75) is 25.4 Å².